The molecule has 7 rings (SSSR count). The SMILES string of the molecule is CN(C)CCc1csc2ccc(NC3NCC4C(=O)N5C/C=C\CCCN6C(=O)COC7NCC(CC76)N5C4N3)cc12. The minimum absolute atomic E-state index is 0.0425. The van der Waals surface area contributed by atoms with E-state index in [0.29, 0.717) is 19.6 Å². The summed E-state index contributed by atoms with van der Waals surface area (Å²) >= 11 is 1.80. The van der Waals surface area contributed by atoms with Crippen molar-refractivity contribution < 1.29 is 14.3 Å². The van der Waals surface area contributed by atoms with Crippen LogP contribution in [0.15, 0.2) is 35.7 Å². The number of morpholine rings is 1. The molecule has 0 aliphatic carbocycles. The Morgan fingerprint density at radius 3 is 2.95 bits per heavy atom. The highest BCUT2D eigenvalue weighted by molar-refractivity contribution is 7.17. The molecule has 0 radical (unpaired) electrons. The first-order chi connectivity index (χ1) is 20.5. The number of fused-ring (bicyclic) bond motifs is 6. The van der Waals surface area contributed by atoms with Crippen molar-refractivity contribution in [2.24, 2.45) is 5.92 Å². The molecule has 12 heteroatoms. The number of allylic oxidation sites excluding steroid dienone is 1. The summed E-state index contributed by atoms with van der Waals surface area (Å²) < 4.78 is 7.20. The molecule has 6 heterocycles. The Morgan fingerprint density at radius 2 is 2.07 bits per heavy atom. The summed E-state index contributed by atoms with van der Waals surface area (Å²) in [6, 6.07) is 6.58. The van der Waals surface area contributed by atoms with Gasteiger partial charge in [0.1, 0.15) is 19.1 Å². The molecule has 5 aliphatic heterocycles. The molecule has 4 saturated heterocycles. The smallest absolute Gasteiger partial charge is 0.249 e. The summed E-state index contributed by atoms with van der Waals surface area (Å²) in [5.74, 6) is 0.000609. The van der Waals surface area contributed by atoms with Gasteiger partial charge >= 0.3 is 0 Å². The van der Waals surface area contributed by atoms with Crippen LogP contribution in [-0.4, -0.2) is 116 Å². The van der Waals surface area contributed by atoms with Crippen molar-refractivity contribution in [2.75, 3.05) is 58.7 Å². The standard InChI is InChI=1S/C30H42N8O3S/c1-35(2)12-9-19-18-42-25-8-7-20(13-22(19)25)33-30-32-16-23-27(34-30)38-21-14-24-28(31-15-21)41-17-26(39)36(24)10-5-3-4-6-11-37(38)29(23)40/h4,6-8,13,18,21,23-24,27-28,30-34H,3,5,9-12,14-17H2,1-2H3/b6-4-. The van der Waals surface area contributed by atoms with Crippen LogP contribution in [0, 0.1) is 5.92 Å². The van der Waals surface area contributed by atoms with E-state index in [1.54, 1.807) is 11.3 Å². The molecule has 4 N–H and O–H groups in total. The average molecular weight is 595 g/mol. The molecule has 1 aromatic heterocycles. The van der Waals surface area contributed by atoms with Crippen LogP contribution in [0.1, 0.15) is 24.8 Å². The van der Waals surface area contributed by atoms with E-state index in [1.807, 2.05) is 9.91 Å². The van der Waals surface area contributed by atoms with Gasteiger partial charge < -0.3 is 19.9 Å². The summed E-state index contributed by atoms with van der Waals surface area (Å²) in [4.78, 5) is 30.8. The number of nitrogens with one attached hydrogen (secondary N) is 4. The molecule has 0 saturated carbocycles. The number of likely N-dealkylation sites (N-methyl/N-ethyl adjacent to an activating group) is 1. The number of amides is 2. The van der Waals surface area contributed by atoms with Gasteiger partial charge in [0.05, 0.1) is 24.7 Å². The maximum Gasteiger partial charge on any atom is 0.249 e. The van der Waals surface area contributed by atoms with Crippen LogP contribution < -0.4 is 21.3 Å². The van der Waals surface area contributed by atoms with Gasteiger partial charge in [0.25, 0.3) is 0 Å². The fraction of sp³-hybridized carbons (Fsp3) is 0.600. The van der Waals surface area contributed by atoms with E-state index in [0.717, 1.165) is 44.5 Å². The maximum atomic E-state index is 13.8. The minimum Gasteiger partial charge on any atom is -0.358 e. The number of thiophene rings is 1. The molecule has 0 spiro atoms. The molecule has 11 nitrogen and oxygen atoms in total. The second-order valence-electron chi connectivity index (χ2n) is 12.3. The zero-order valence-corrected chi connectivity index (χ0v) is 25.2. The lowest BCUT2D eigenvalue weighted by molar-refractivity contribution is -0.172. The molecule has 5 aliphatic rings. The van der Waals surface area contributed by atoms with Gasteiger partial charge in [-0.25, -0.2) is 0 Å². The first-order valence-corrected chi connectivity index (χ1v) is 16.1. The highest BCUT2D eigenvalue weighted by Crippen LogP contribution is 2.34. The van der Waals surface area contributed by atoms with Crippen molar-refractivity contribution in [3.63, 3.8) is 0 Å². The summed E-state index contributed by atoms with van der Waals surface area (Å²) in [5.41, 5.74) is 2.42. The Bertz CT molecular complexity index is 1350. The number of benzene rings is 1. The monoisotopic (exact) mass is 594 g/mol. The van der Waals surface area contributed by atoms with Gasteiger partial charge in [-0.15, -0.1) is 11.3 Å². The third kappa shape index (κ3) is 5.34. The quantitative estimate of drug-likeness (QED) is 0.380. The van der Waals surface area contributed by atoms with E-state index >= 15 is 0 Å². The largest absolute Gasteiger partial charge is 0.358 e. The zero-order valence-electron chi connectivity index (χ0n) is 24.4. The Kier molecular flexibility index (Phi) is 7.95. The zero-order chi connectivity index (χ0) is 28.8. The van der Waals surface area contributed by atoms with Gasteiger partial charge in [0.2, 0.25) is 11.8 Å². The maximum absolute atomic E-state index is 13.8. The lowest BCUT2D eigenvalue weighted by Gasteiger charge is -2.50. The van der Waals surface area contributed by atoms with Crippen molar-refractivity contribution >= 4 is 38.9 Å². The molecule has 2 aromatic rings. The molecule has 226 valence electrons. The predicted molar refractivity (Wildman–Crippen MR) is 163 cm³/mol. The first-order valence-electron chi connectivity index (χ1n) is 15.3. The van der Waals surface area contributed by atoms with Crippen LogP contribution in [0.25, 0.3) is 10.1 Å². The minimum atomic E-state index is -0.198. The van der Waals surface area contributed by atoms with Crippen molar-refractivity contribution in [1.29, 1.82) is 0 Å². The van der Waals surface area contributed by atoms with Gasteiger partial charge in [0, 0.05) is 42.6 Å². The second-order valence-corrected chi connectivity index (χ2v) is 13.2. The van der Waals surface area contributed by atoms with Gasteiger partial charge in [-0.2, -0.15) is 5.01 Å². The molecular formula is C30H42N8O3S. The fourth-order valence-corrected chi connectivity index (χ4v) is 8.12. The molecule has 1 aromatic carbocycles. The van der Waals surface area contributed by atoms with Gasteiger partial charge in [0.15, 0.2) is 0 Å². The van der Waals surface area contributed by atoms with Gasteiger partial charge in [-0.1, -0.05) is 12.2 Å². The number of hydrogen-bond acceptors (Lipinski definition) is 10. The Hall–Kier alpha value is -2.58. The van der Waals surface area contributed by atoms with Crippen LogP contribution in [0.3, 0.4) is 0 Å². The molecular weight excluding hydrogens is 552 g/mol. The number of rotatable bonds is 5. The summed E-state index contributed by atoms with van der Waals surface area (Å²) in [6.45, 7) is 3.71. The van der Waals surface area contributed by atoms with E-state index in [4.69, 9.17) is 4.74 Å². The Morgan fingerprint density at radius 1 is 1.17 bits per heavy atom. The molecule has 42 heavy (non-hydrogen) atoms. The van der Waals surface area contributed by atoms with E-state index in [2.05, 4.69) is 81.0 Å². The number of hydrazine groups is 1. The van der Waals surface area contributed by atoms with Gasteiger partial charge in [-0.05, 0) is 74.3 Å². The third-order valence-electron chi connectivity index (χ3n) is 9.30. The number of nitrogens with zero attached hydrogens (tertiary/aromatic N) is 4. The number of piperidine rings is 1. The Labute approximate surface area is 251 Å². The molecule has 2 bridgehead atoms. The van der Waals surface area contributed by atoms with E-state index in [1.165, 1.54) is 15.6 Å². The van der Waals surface area contributed by atoms with Crippen LogP contribution in [0.4, 0.5) is 5.69 Å². The summed E-state index contributed by atoms with van der Waals surface area (Å²) in [5, 5.41) is 22.3. The fourth-order valence-electron chi connectivity index (χ4n) is 7.15. The van der Waals surface area contributed by atoms with Crippen molar-refractivity contribution in [2.45, 2.75) is 56.5 Å². The molecule has 6 atom stereocenters. The summed E-state index contributed by atoms with van der Waals surface area (Å²) in [7, 11) is 4.22. The topological polar surface area (TPSA) is 104 Å². The Balaban J connectivity index is 1.12. The van der Waals surface area contributed by atoms with E-state index in [-0.39, 0.29) is 55.1 Å². The van der Waals surface area contributed by atoms with E-state index < -0.39 is 0 Å². The van der Waals surface area contributed by atoms with Crippen molar-refractivity contribution in [1.82, 2.24) is 35.8 Å². The van der Waals surface area contributed by atoms with Crippen LogP contribution in [0.5, 0.6) is 0 Å². The number of anilines is 1. The number of hydrogen-bond donors (Lipinski definition) is 4. The number of ether oxygens (including phenoxy) is 1. The molecule has 6 unspecified atom stereocenters. The third-order valence-corrected chi connectivity index (χ3v) is 10.3. The predicted octanol–water partition coefficient (Wildman–Crippen LogP) is 1.16. The van der Waals surface area contributed by atoms with E-state index in [9.17, 15) is 9.59 Å². The summed E-state index contributed by atoms with van der Waals surface area (Å²) in [6.07, 6.45) is 7.30. The first kappa shape index (κ1) is 28.2. The van der Waals surface area contributed by atoms with Crippen LogP contribution in [0.2, 0.25) is 0 Å². The molecule has 2 amide bonds. The second kappa shape index (κ2) is 11.8. The highest BCUT2D eigenvalue weighted by Gasteiger charge is 2.53. The normalized spacial score (nSPS) is 32.8. The van der Waals surface area contributed by atoms with Gasteiger partial charge in [-0.3, -0.25) is 30.5 Å². The average Bonchev–Trinajstić information content (AvgIpc) is 3.51. The van der Waals surface area contributed by atoms with Crippen LogP contribution >= 0.6 is 11.3 Å². The lowest BCUT2D eigenvalue weighted by atomic mass is 9.95. The van der Waals surface area contributed by atoms with Crippen LogP contribution in [-0.2, 0) is 20.7 Å². The molecule has 4 fully saturated rings. The van der Waals surface area contributed by atoms with Crippen molar-refractivity contribution in [3.8, 4) is 0 Å². The highest BCUT2D eigenvalue weighted by atomic mass is 32.1. The van der Waals surface area contributed by atoms with Crippen molar-refractivity contribution in [3.05, 3.63) is 41.3 Å². The number of carbonyl (C=O) groups is 2. The number of carbonyl (C=O) groups excluding carboxylic acids is 2. The lowest BCUT2D eigenvalue weighted by Crippen LogP contribution is -2.70.